The maximum Gasteiger partial charge on any atom is 0.267 e. The minimum atomic E-state index is -0.0226. The first-order valence-electron chi connectivity index (χ1n) is 10.8. The maximum absolute atomic E-state index is 13.7. The first-order chi connectivity index (χ1) is 15.1. The third-order valence-electron chi connectivity index (χ3n) is 5.89. The topological polar surface area (TPSA) is 64.4 Å². The van der Waals surface area contributed by atoms with Crippen molar-refractivity contribution in [1.82, 2.24) is 14.5 Å². The fraction of sp³-hybridized carbons (Fsp3) is 0.435. The summed E-state index contributed by atoms with van der Waals surface area (Å²) in [6.45, 7) is 3.76. The van der Waals surface area contributed by atoms with E-state index < -0.39 is 0 Å². The molecule has 2 aliphatic rings. The average molecular weight is 456 g/mol. The van der Waals surface area contributed by atoms with Crippen molar-refractivity contribution >= 4 is 39.2 Å². The zero-order valence-corrected chi connectivity index (χ0v) is 19.1. The molecule has 6 nitrogen and oxygen atoms in total. The summed E-state index contributed by atoms with van der Waals surface area (Å²) in [5.41, 5.74) is 1.95. The normalized spacial score (nSPS) is 18.9. The van der Waals surface area contributed by atoms with Crippen LogP contribution < -0.4 is 5.56 Å². The van der Waals surface area contributed by atoms with Gasteiger partial charge >= 0.3 is 0 Å². The van der Waals surface area contributed by atoms with Crippen molar-refractivity contribution in [2.75, 3.05) is 25.4 Å². The molecule has 1 amide bonds. The van der Waals surface area contributed by atoms with E-state index in [0.717, 1.165) is 35.2 Å². The Bertz CT molecular complexity index is 1170. The molecule has 2 aromatic heterocycles. The van der Waals surface area contributed by atoms with Gasteiger partial charge in [-0.3, -0.25) is 14.2 Å². The van der Waals surface area contributed by atoms with Gasteiger partial charge in [0.2, 0.25) is 5.91 Å². The Balaban J connectivity index is 1.53. The minimum Gasteiger partial charge on any atom is -0.375 e. The summed E-state index contributed by atoms with van der Waals surface area (Å²) >= 11 is 2.99. The van der Waals surface area contributed by atoms with Gasteiger partial charge in [0.1, 0.15) is 4.83 Å². The van der Waals surface area contributed by atoms with Crippen LogP contribution >= 0.6 is 23.1 Å². The molecule has 1 aliphatic carbocycles. The molecule has 162 valence electrons. The predicted octanol–water partition coefficient (Wildman–Crippen LogP) is 3.67. The molecule has 1 aromatic carbocycles. The van der Waals surface area contributed by atoms with Crippen LogP contribution in [0.4, 0.5) is 0 Å². The summed E-state index contributed by atoms with van der Waals surface area (Å²) in [5, 5.41) is 1.35. The van der Waals surface area contributed by atoms with E-state index in [4.69, 9.17) is 9.72 Å². The van der Waals surface area contributed by atoms with Crippen molar-refractivity contribution in [1.29, 1.82) is 0 Å². The highest BCUT2D eigenvalue weighted by atomic mass is 32.2. The molecule has 1 saturated heterocycles. The number of rotatable bonds is 4. The lowest BCUT2D eigenvalue weighted by Gasteiger charge is -2.31. The second-order valence-electron chi connectivity index (χ2n) is 8.07. The van der Waals surface area contributed by atoms with Crippen LogP contribution in [0, 0.1) is 0 Å². The number of fused-ring (bicyclic) bond motifs is 3. The number of aromatic nitrogens is 2. The van der Waals surface area contributed by atoms with Crippen LogP contribution in [0.5, 0.6) is 0 Å². The average Bonchev–Trinajstić information content (AvgIpc) is 3.16. The lowest BCUT2D eigenvalue weighted by Crippen LogP contribution is -2.45. The van der Waals surface area contributed by atoms with E-state index in [1.165, 1.54) is 28.6 Å². The largest absolute Gasteiger partial charge is 0.375 e. The molecule has 1 fully saturated rings. The fourth-order valence-corrected chi connectivity index (χ4v) is 6.57. The second kappa shape index (κ2) is 8.76. The summed E-state index contributed by atoms with van der Waals surface area (Å²) in [6, 6.07) is 9.61. The van der Waals surface area contributed by atoms with E-state index in [9.17, 15) is 9.59 Å². The standard InChI is InChI=1S/C23H25N3O3S2/c1-15-13-25(11-12-29-15)19(27)14-30-23-24-21-20(17-9-5-6-10-18(17)31-21)22(28)26(23)16-7-3-2-4-8-16/h2-4,7-8,15H,5-6,9-14H2,1H3. The Morgan fingerprint density at radius 2 is 2.06 bits per heavy atom. The SMILES string of the molecule is CC1CN(C(=O)CSc2nc3sc4c(c3c(=O)n2-c2ccccc2)CCCC4)CCO1. The molecule has 0 saturated carbocycles. The Hall–Kier alpha value is -2.16. The Morgan fingerprint density at radius 3 is 2.87 bits per heavy atom. The molecular formula is C23H25N3O3S2. The number of benzene rings is 1. The molecule has 0 N–H and O–H groups in total. The molecule has 0 bridgehead atoms. The monoisotopic (exact) mass is 455 g/mol. The van der Waals surface area contributed by atoms with Gasteiger partial charge in [-0.05, 0) is 50.3 Å². The number of thioether (sulfide) groups is 1. The van der Waals surface area contributed by atoms with Gasteiger partial charge in [-0.25, -0.2) is 4.98 Å². The molecule has 1 atom stereocenters. The predicted molar refractivity (Wildman–Crippen MR) is 125 cm³/mol. The van der Waals surface area contributed by atoms with E-state index >= 15 is 0 Å². The first-order valence-corrected chi connectivity index (χ1v) is 12.6. The van der Waals surface area contributed by atoms with Gasteiger partial charge in [0.05, 0.1) is 29.5 Å². The summed E-state index contributed by atoms with van der Waals surface area (Å²) in [4.78, 5) is 35.3. The molecule has 3 heterocycles. The maximum atomic E-state index is 13.7. The van der Waals surface area contributed by atoms with Gasteiger partial charge < -0.3 is 9.64 Å². The lowest BCUT2D eigenvalue weighted by molar-refractivity contribution is -0.135. The van der Waals surface area contributed by atoms with Gasteiger partial charge in [0.25, 0.3) is 5.56 Å². The zero-order valence-electron chi connectivity index (χ0n) is 17.5. The van der Waals surface area contributed by atoms with Crippen LogP contribution in [0.1, 0.15) is 30.2 Å². The smallest absolute Gasteiger partial charge is 0.267 e. The number of amides is 1. The first kappa shape index (κ1) is 20.7. The summed E-state index contributed by atoms with van der Waals surface area (Å²) in [6.07, 6.45) is 4.31. The van der Waals surface area contributed by atoms with Crippen LogP contribution in [0.3, 0.4) is 0 Å². The third-order valence-corrected chi connectivity index (χ3v) is 8.00. The van der Waals surface area contributed by atoms with Crippen molar-refractivity contribution in [2.24, 2.45) is 0 Å². The molecule has 0 spiro atoms. The Morgan fingerprint density at radius 1 is 1.26 bits per heavy atom. The highest BCUT2D eigenvalue weighted by molar-refractivity contribution is 7.99. The molecule has 1 unspecified atom stereocenters. The van der Waals surface area contributed by atoms with Crippen LogP contribution in [0.2, 0.25) is 0 Å². The number of ether oxygens (including phenoxy) is 1. The number of carbonyl (C=O) groups excluding carboxylic acids is 1. The third kappa shape index (κ3) is 4.04. The Labute approximate surface area is 189 Å². The molecule has 31 heavy (non-hydrogen) atoms. The van der Waals surface area contributed by atoms with Crippen molar-refractivity contribution in [2.45, 2.75) is 43.9 Å². The molecule has 8 heteroatoms. The lowest BCUT2D eigenvalue weighted by atomic mass is 9.97. The van der Waals surface area contributed by atoms with E-state index in [2.05, 4.69) is 0 Å². The quantitative estimate of drug-likeness (QED) is 0.444. The van der Waals surface area contributed by atoms with Gasteiger partial charge in [-0.1, -0.05) is 30.0 Å². The van der Waals surface area contributed by atoms with Crippen molar-refractivity contribution in [3.8, 4) is 5.69 Å². The Kier molecular flexibility index (Phi) is 5.86. The van der Waals surface area contributed by atoms with Gasteiger partial charge in [-0.2, -0.15) is 0 Å². The van der Waals surface area contributed by atoms with Crippen LogP contribution in [-0.2, 0) is 22.4 Å². The summed E-state index contributed by atoms with van der Waals surface area (Å²) in [7, 11) is 0. The van der Waals surface area contributed by atoms with Crippen molar-refractivity contribution < 1.29 is 9.53 Å². The van der Waals surface area contributed by atoms with Crippen LogP contribution in [0.15, 0.2) is 40.3 Å². The van der Waals surface area contributed by atoms with Crippen LogP contribution in [-0.4, -0.2) is 51.9 Å². The number of carbonyl (C=O) groups is 1. The van der Waals surface area contributed by atoms with Crippen molar-refractivity contribution in [3.63, 3.8) is 0 Å². The zero-order chi connectivity index (χ0) is 21.4. The number of hydrogen-bond donors (Lipinski definition) is 0. The molecular weight excluding hydrogens is 430 g/mol. The number of aryl methyl sites for hydroxylation is 2. The number of nitrogens with zero attached hydrogens (tertiary/aromatic N) is 3. The minimum absolute atomic E-state index is 0.0226. The molecule has 3 aromatic rings. The van der Waals surface area contributed by atoms with Gasteiger partial charge in [-0.15, -0.1) is 11.3 Å². The number of para-hydroxylation sites is 1. The number of morpholine rings is 1. The number of thiophene rings is 1. The van der Waals surface area contributed by atoms with E-state index in [1.807, 2.05) is 42.2 Å². The molecule has 0 radical (unpaired) electrons. The summed E-state index contributed by atoms with van der Waals surface area (Å²) < 4.78 is 7.23. The number of hydrogen-bond acceptors (Lipinski definition) is 6. The van der Waals surface area contributed by atoms with E-state index in [-0.39, 0.29) is 23.3 Å². The highest BCUT2D eigenvalue weighted by Gasteiger charge is 2.25. The summed E-state index contributed by atoms with van der Waals surface area (Å²) in [5.74, 6) is 0.308. The van der Waals surface area contributed by atoms with Crippen molar-refractivity contribution in [3.05, 3.63) is 51.1 Å². The second-order valence-corrected chi connectivity index (χ2v) is 10.1. The van der Waals surface area contributed by atoms with Gasteiger partial charge in [0, 0.05) is 18.0 Å². The van der Waals surface area contributed by atoms with Crippen LogP contribution in [0.25, 0.3) is 15.9 Å². The van der Waals surface area contributed by atoms with Gasteiger partial charge in [0.15, 0.2) is 5.16 Å². The molecule has 1 aliphatic heterocycles. The highest BCUT2D eigenvalue weighted by Crippen LogP contribution is 2.35. The van der Waals surface area contributed by atoms with E-state index in [0.29, 0.717) is 24.9 Å². The van der Waals surface area contributed by atoms with E-state index in [1.54, 1.807) is 15.9 Å². The molecule has 5 rings (SSSR count). The fourth-order valence-electron chi connectivity index (χ4n) is 4.35.